The number of hydrogen-bond acceptors (Lipinski definition) is 4. The highest BCUT2D eigenvalue weighted by molar-refractivity contribution is 9.10. The minimum Gasteiger partial charge on any atom is -0.368 e. The van der Waals surface area contributed by atoms with E-state index in [4.69, 9.17) is 17.3 Å². The van der Waals surface area contributed by atoms with Crippen LogP contribution in [0, 0.1) is 0 Å². The Kier molecular flexibility index (Phi) is 3.64. The van der Waals surface area contributed by atoms with Gasteiger partial charge in [-0.2, -0.15) is 28.1 Å². The molecular weight excluding hydrogens is 348 g/mol. The largest absolute Gasteiger partial charge is 0.417 e. The Bertz CT molecular complexity index is 612. The molecule has 100 valence electrons. The Morgan fingerprint density at radius 1 is 1.16 bits per heavy atom. The lowest BCUT2D eigenvalue weighted by molar-refractivity contribution is -0.137. The molecular formula is C10H5BrClF3N4. The van der Waals surface area contributed by atoms with Crippen LogP contribution in [0.25, 0.3) is 11.4 Å². The number of hydrogen-bond donors (Lipinski definition) is 1. The summed E-state index contributed by atoms with van der Waals surface area (Å²) in [4.78, 5) is 10.8. The number of halogens is 5. The predicted octanol–water partition coefficient (Wildman–Crippen LogP) is 3.56. The zero-order valence-electron chi connectivity index (χ0n) is 9.04. The standard InChI is InChI=1S/C10H5BrClF3N4/c11-4-1-2-5(6(3-4)10(13,14)15)7-17-8(12)19-9(16)18-7/h1-3H,(H2,16,17,18,19). The molecule has 2 N–H and O–H groups in total. The second-order valence-electron chi connectivity index (χ2n) is 3.47. The second-order valence-corrected chi connectivity index (χ2v) is 4.73. The van der Waals surface area contributed by atoms with Crippen LogP contribution in [0.4, 0.5) is 19.1 Å². The molecule has 0 saturated heterocycles. The summed E-state index contributed by atoms with van der Waals surface area (Å²) in [5, 5.41) is -0.265. The lowest BCUT2D eigenvalue weighted by atomic mass is 10.1. The second kappa shape index (κ2) is 4.93. The van der Waals surface area contributed by atoms with E-state index in [0.29, 0.717) is 0 Å². The van der Waals surface area contributed by atoms with E-state index in [1.165, 1.54) is 12.1 Å². The first kappa shape index (κ1) is 14.0. The van der Waals surface area contributed by atoms with Crippen LogP contribution in [-0.4, -0.2) is 15.0 Å². The average molecular weight is 354 g/mol. The van der Waals surface area contributed by atoms with Crippen LogP contribution in [0.2, 0.25) is 5.28 Å². The minimum atomic E-state index is -4.55. The molecule has 0 fully saturated rings. The fraction of sp³-hybridized carbons (Fsp3) is 0.100. The Labute approximate surface area is 119 Å². The maximum absolute atomic E-state index is 13.0. The van der Waals surface area contributed by atoms with Crippen molar-refractivity contribution in [2.24, 2.45) is 0 Å². The lowest BCUT2D eigenvalue weighted by Crippen LogP contribution is -2.09. The number of alkyl halides is 3. The molecule has 0 atom stereocenters. The molecule has 1 aromatic heterocycles. The summed E-state index contributed by atoms with van der Waals surface area (Å²) < 4.78 is 39.2. The Morgan fingerprint density at radius 3 is 2.42 bits per heavy atom. The van der Waals surface area contributed by atoms with E-state index in [0.717, 1.165) is 6.07 Å². The molecule has 0 aliphatic rings. The summed E-state index contributed by atoms with van der Waals surface area (Å²) in [6, 6.07) is 3.61. The summed E-state index contributed by atoms with van der Waals surface area (Å²) in [5.74, 6) is -0.469. The van der Waals surface area contributed by atoms with E-state index in [9.17, 15) is 13.2 Å². The molecule has 2 aromatic rings. The molecule has 2 rings (SSSR count). The fourth-order valence-corrected chi connectivity index (χ4v) is 1.96. The van der Waals surface area contributed by atoms with Crippen molar-refractivity contribution in [3.63, 3.8) is 0 Å². The molecule has 1 aromatic carbocycles. The first-order valence-electron chi connectivity index (χ1n) is 4.81. The third kappa shape index (κ3) is 3.13. The first-order chi connectivity index (χ1) is 8.77. The van der Waals surface area contributed by atoms with Crippen LogP contribution < -0.4 is 5.73 Å². The molecule has 0 aliphatic carbocycles. The predicted molar refractivity (Wildman–Crippen MR) is 67.4 cm³/mol. The fourth-order valence-electron chi connectivity index (χ4n) is 1.43. The Balaban J connectivity index is 2.68. The molecule has 9 heteroatoms. The lowest BCUT2D eigenvalue weighted by Gasteiger charge is -2.12. The zero-order chi connectivity index (χ0) is 14.2. The Hall–Kier alpha value is -1.41. The van der Waals surface area contributed by atoms with Crippen LogP contribution >= 0.6 is 27.5 Å². The molecule has 0 aliphatic heterocycles. The number of benzene rings is 1. The molecule has 0 spiro atoms. The van der Waals surface area contributed by atoms with Gasteiger partial charge in [-0.3, -0.25) is 0 Å². The smallest absolute Gasteiger partial charge is 0.368 e. The van der Waals surface area contributed by atoms with Crippen molar-refractivity contribution in [1.29, 1.82) is 0 Å². The quantitative estimate of drug-likeness (QED) is 0.851. The third-order valence-electron chi connectivity index (χ3n) is 2.15. The SMILES string of the molecule is Nc1nc(Cl)nc(-c2ccc(Br)cc2C(F)(F)F)n1. The molecule has 0 radical (unpaired) electrons. The summed E-state index contributed by atoms with van der Waals surface area (Å²) >= 11 is 8.55. The van der Waals surface area contributed by atoms with Crippen molar-refractivity contribution in [3.05, 3.63) is 33.5 Å². The van der Waals surface area contributed by atoms with Crippen molar-refractivity contribution in [1.82, 2.24) is 15.0 Å². The summed E-state index contributed by atoms with van der Waals surface area (Å²) in [5.41, 5.74) is 4.25. The number of nitrogens with zero attached hydrogens (tertiary/aromatic N) is 3. The minimum absolute atomic E-state index is 0.216. The van der Waals surface area contributed by atoms with E-state index in [2.05, 4.69) is 30.9 Å². The average Bonchev–Trinajstić information content (AvgIpc) is 2.26. The van der Waals surface area contributed by atoms with Gasteiger partial charge in [-0.25, -0.2) is 0 Å². The number of nitrogens with two attached hydrogens (primary N) is 1. The van der Waals surface area contributed by atoms with Gasteiger partial charge in [0, 0.05) is 10.0 Å². The van der Waals surface area contributed by atoms with Crippen molar-refractivity contribution in [2.45, 2.75) is 6.18 Å². The first-order valence-corrected chi connectivity index (χ1v) is 5.98. The van der Waals surface area contributed by atoms with Gasteiger partial charge < -0.3 is 5.73 Å². The summed E-state index contributed by atoms with van der Waals surface area (Å²) in [6.45, 7) is 0. The topological polar surface area (TPSA) is 64.7 Å². The Morgan fingerprint density at radius 2 is 1.84 bits per heavy atom. The molecule has 0 saturated carbocycles. The van der Waals surface area contributed by atoms with Crippen LogP contribution in [0.15, 0.2) is 22.7 Å². The van der Waals surface area contributed by atoms with Crippen molar-refractivity contribution in [2.75, 3.05) is 5.73 Å². The van der Waals surface area contributed by atoms with E-state index >= 15 is 0 Å². The van der Waals surface area contributed by atoms with E-state index in [-0.39, 0.29) is 27.1 Å². The van der Waals surface area contributed by atoms with Crippen LogP contribution in [0.5, 0.6) is 0 Å². The number of nitrogen functional groups attached to an aromatic ring is 1. The van der Waals surface area contributed by atoms with Gasteiger partial charge in [0.05, 0.1) is 5.56 Å². The van der Waals surface area contributed by atoms with Crippen molar-refractivity contribution in [3.8, 4) is 11.4 Å². The van der Waals surface area contributed by atoms with Gasteiger partial charge in [0.15, 0.2) is 5.82 Å². The van der Waals surface area contributed by atoms with Crippen LogP contribution in [-0.2, 0) is 6.18 Å². The van der Waals surface area contributed by atoms with Gasteiger partial charge in [0.1, 0.15) is 0 Å². The van der Waals surface area contributed by atoms with Crippen LogP contribution in [0.3, 0.4) is 0 Å². The number of aromatic nitrogens is 3. The highest BCUT2D eigenvalue weighted by Crippen LogP contribution is 2.37. The van der Waals surface area contributed by atoms with Gasteiger partial charge in [0.25, 0.3) is 0 Å². The summed E-state index contributed by atoms with van der Waals surface area (Å²) in [7, 11) is 0. The van der Waals surface area contributed by atoms with Gasteiger partial charge >= 0.3 is 6.18 Å². The summed E-state index contributed by atoms with van der Waals surface area (Å²) in [6.07, 6.45) is -4.55. The molecule has 1 heterocycles. The van der Waals surface area contributed by atoms with E-state index in [1.54, 1.807) is 0 Å². The zero-order valence-corrected chi connectivity index (χ0v) is 11.4. The third-order valence-corrected chi connectivity index (χ3v) is 2.82. The monoisotopic (exact) mass is 352 g/mol. The van der Waals surface area contributed by atoms with Gasteiger partial charge in [-0.15, -0.1) is 0 Å². The van der Waals surface area contributed by atoms with Gasteiger partial charge in [-0.05, 0) is 29.8 Å². The highest BCUT2D eigenvalue weighted by atomic mass is 79.9. The number of rotatable bonds is 1. The maximum Gasteiger partial charge on any atom is 0.417 e. The van der Waals surface area contributed by atoms with E-state index in [1.807, 2.05) is 0 Å². The molecule has 4 nitrogen and oxygen atoms in total. The molecule has 19 heavy (non-hydrogen) atoms. The van der Waals surface area contributed by atoms with Crippen molar-refractivity contribution >= 4 is 33.5 Å². The molecule has 0 amide bonds. The van der Waals surface area contributed by atoms with E-state index < -0.39 is 11.7 Å². The molecule has 0 unspecified atom stereocenters. The van der Waals surface area contributed by atoms with Crippen LogP contribution in [0.1, 0.15) is 5.56 Å². The van der Waals surface area contributed by atoms with Crippen molar-refractivity contribution < 1.29 is 13.2 Å². The molecule has 0 bridgehead atoms. The highest BCUT2D eigenvalue weighted by Gasteiger charge is 2.34. The normalized spacial score (nSPS) is 11.6. The van der Waals surface area contributed by atoms with Gasteiger partial charge in [-0.1, -0.05) is 15.9 Å². The maximum atomic E-state index is 13.0. The number of anilines is 1. The van der Waals surface area contributed by atoms with Gasteiger partial charge in [0.2, 0.25) is 11.2 Å².